The van der Waals surface area contributed by atoms with Crippen LogP contribution in [0.5, 0.6) is 5.88 Å². The summed E-state index contributed by atoms with van der Waals surface area (Å²) in [5.74, 6) is -1.45. The Hall–Kier alpha value is -3.07. The number of rotatable bonds is 7. The molecule has 0 bridgehead atoms. The molecule has 1 aliphatic heterocycles. The van der Waals surface area contributed by atoms with Crippen molar-refractivity contribution in [2.75, 3.05) is 19.6 Å². The summed E-state index contributed by atoms with van der Waals surface area (Å²) in [6.45, 7) is 3.03. The van der Waals surface area contributed by atoms with Gasteiger partial charge in [0.15, 0.2) is 0 Å². The van der Waals surface area contributed by atoms with Crippen LogP contribution >= 0.6 is 0 Å². The van der Waals surface area contributed by atoms with Gasteiger partial charge in [0.2, 0.25) is 5.88 Å². The lowest BCUT2D eigenvalue weighted by Crippen LogP contribution is -2.38. The van der Waals surface area contributed by atoms with E-state index in [9.17, 15) is 13.6 Å². The van der Waals surface area contributed by atoms with Crippen molar-refractivity contribution in [1.29, 1.82) is 0 Å². The summed E-state index contributed by atoms with van der Waals surface area (Å²) >= 11 is 0. The number of alkyl halides is 2. The molecule has 3 aromatic rings. The van der Waals surface area contributed by atoms with Crippen LogP contribution in [-0.2, 0) is 19.9 Å². The molecule has 6 rings (SSSR count). The van der Waals surface area contributed by atoms with E-state index in [0.717, 1.165) is 74.8 Å². The SMILES string of the molecule is Cn1cc2c(C(=O)N[C@H]3CC[C@H](CCN4CCc5ccc(OC6CCC(F)(F)C6)nc5CC4)CC3)cccc2n1. The first-order valence-electron chi connectivity index (χ1n) is 14.8. The molecule has 7 nitrogen and oxygen atoms in total. The fraction of sp³-hybridized carbons (Fsp3) is 0.581. The van der Waals surface area contributed by atoms with Crippen molar-refractivity contribution >= 4 is 16.8 Å². The van der Waals surface area contributed by atoms with Crippen molar-refractivity contribution in [3.05, 3.63) is 53.3 Å². The Morgan fingerprint density at radius 2 is 1.93 bits per heavy atom. The average molecular weight is 552 g/mol. The normalized spacial score (nSPS) is 24.9. The Bertz CT molecular complexity index is 1350. The van der Waals surface area contributed by atoms with Crippen LogP contribution in [0.15, 0.2) is 36.5 Å². The number of hydrogen-bond donors (Lipinski definition) is 1. The number of nitrogens with zero attached hydrogens (tertiary/aromatic N) is 4. The fourth-order valence-electron chi connectivity index (χ4n) is 6.66. The Morgan fingerprint density at radius 3 is 2.73 bits per heavy atom. The highest BCUT2D eigenvalue weighted by Crippen LogP contribution is 2.37. The lowest BCUT2D eigenvalue weighted by Gasteiger charge is -2.30. The van der Waals surface area contributed by atoms with Gasteiger partial charge in [-0.15, -0.1) is 0 Å². The molecule has 1 N–H and O–H groups in total. The maximum absolute atomic E-state index is 13.5. The standard InChI is InChI=1S/C31H39F2N5O2/c1-37-20-26-25(3-2-4-28(26)36-37)30(39)34-23-8-5-21(6-9-23)12-16-38-17-13-22-7-10-29(35-27(22)14-18-38)40-24-11-15-31(32,33)19-24/h2-4,7,10,20-21,23-24H,5-6,8-9,11-19H2,1H3,(H,34,39)/t21-,23-,24?. The molecule has 0 saturated heterocycles. The second kappa shape index (κ2) is 11.4. The minimum Gasteiger partial charge on any atom is -0.474 e. The zero-order valence-electron chi connectivity index (χ0n) is 23.2. The molecular formula is C31H39F2N5O2. The molecule has 9 heteroatoms. The highest BCUT2D eigenvalue weighted by atomic mass is 19.3. The maximum atomic E-state index is 13.5. The Balaban J connectivity index is 0.942. The van der Waals surface area contributed by atoms with Crippen LogP contribution < -0.4 is 10.1 Å². The zero-order valence-corrected chi connectivity index (χ0v) is 23.2. The minimum atomic E-state index is -2.61. The summed E-state index contributed by atoms with van der Waals surface area (Å²) in [7, 11) is 1.88. The molecule has 1 atom stereocenters. The van der Waals surface area contributed by atoms with Crippen LogP contribution in [0, 0.1) is 5.92 Å². The van der Waals surface area contributed by atoms with Crippen molar-refractivity contribution in [2.24, 2.45) is 13.0 Å². The van der Waals surface area contributed by atoms with E-state index in [0.29, 0.717) is 23.8 Å². The first kappa shape index (κ1) is 27.1. The number of pyridine rings is 1. The molecule has 3 aliphatic rings. The van der Waals surface area contributed by atoms with E-state index in [1.54, 1.807) is 4.68 Å². The van der Waals surface area contributed by atoms with E-state index in [1.807, 2.05) is 37.5 Å². The maximum Gasteiger partial charge on any atom is 0.252 e. The van der Waals surface area contributed by atoms with Crippen molar-refractivity contribution in [2.45, 2.75) is 82.3 Å². The Labute approximate surface area is 234 Å². The molecule has 40 heavy (non-hydrogen) atoms. The molecule has 0 radical (unpaired) electrons. The lowest BCUT2D eigenvalue weighted by molar-refractivity contribution is -0.00140. The van der Waals surface area contributed by atoms with Crippen LogP contribution in [-0.4, -0.2) is 63.3 Å². The van der Waals surface area contributed by atoms with Crippen LogP contribution in [0.4, 0.5) is 8.78 Å². The van der Waals surface area contributed by atoms with Crippen molar-refractivity contribution < 1.29 is 18.3 Å². The Kier molecular flexibility index (Phi) is 7.75. The molecule has 2 aliphatic carbocycles. The number of fused-ring (bicyclic) bond motifs is 2. The number of aryl methyl sites for hydroxylation is 1. The van der Waals surface area contributed by atoms with Gasteiger partial charge >= 0.3 is 0 Å². The number of carbonyl (C=O) groups is 1. The summed E-state index contributed by atoms with van der Waals surface area (Å²) in [6, 6.07) is 9.85. The molecule has 3 heterocycles. The van der Waals surface area contributed by atoms with Crippen LogP contribution in [0.1, 0.15) is 73.0 Å². The Morgan fingerprint density at radius 1 is 1.10 bits per heavy atom. The first-order valence-corrected chi connectivity index (χ1v) is 14.8. The van der Waals surface area contributed by atoms with Gasteiger partial charge in [0, 0.05) is 68.8 Å². The third-order valence-corrected chi connectivity index (χ3v) is 9.00. The van der Waals surface area contributed by atoms with E-state index < -0.39 is 12.0 Å². The molecule has 214 valence electrons. The lowest BCUT2D eigenvalue weighted by atomic mass is 9.84. The average Bonchev–Trinajstić information content (AvgIpc) is 3.41. The molecule has 1 amide bonds. The van der Waals surface area contributed by atoms with Gasteiger partial charge in [-0.25, -0.2) is 13.8 Å². The predicted molar refractivity (Wildman–Crippen MR) is 150 cm³/mol. The monoisotopic (exact) mass is 551 g/mol. The van der Waals surface area contributed by atoms with E-state index in [1.165, 1.54) is 12.0 Å². The minimum absolute atomic E-state index is 0.00506. The van der Waals surface area contributed by atoms with Gasteiger partial charge in [-0.2, -0.15) is 5.10 Å². The second-order valence-electron chi connectivity index (χ2n) is 12.0. The first-order chi connectivity index (χ1) is 19.3. The summed E-state index contributed by atoms with van der Waals surface area (Å²) in [6.07, 6.45) is 8.83. The topological polar surface area (TPSA) is 72.3 Å². The van der Waals surface area contributed by atoms with Crippen LogP contribution in [0.3, 0.4) is 0 Å². The number of ether oxygens (including phenoxy) is 1. The summed E-state index contributed by atoms with van der Waals surface area (Å²) in [5.41, 5.74) is 3.83. The summed E-state index contributed by atoms with van der Waals surface area (Å²) in [4.78, 5) is 20.2. The molecule has 2 fully saturated rings. The van der Waals surface area contributed by atoms with Crippen LogP contribution in [0.25, 0.3) is 10.9 Å². The summed E-state index contributed by atoms with van der Waals surface area (Å²) in [5, 5.41) is 8.59. The zero-order chi connectivity index (χ0) is 27.7. The highest BCUT2D eigenvalue weighted by molar-refractivity contribution is 6.06. The highest BCUT2D eigenvalue weighted by Gasteiger charge is 2.41. The third kappa shape index (κ3) is 6.29. The number of amides is 1. The van der Waals surface area contributed by atoms with Gasteiger partial charge in [-0.05, 0) is 75.1 Å². The molecule has 0 spiro atoms. The molecule has 1 aromatic carbocycles. The van der Waals surface area contributed by atoms with Gasteiger partial charge in [0.1, 0.15) is 6.10 Å². The molecular weight excluding hydrogens is 512 g/mol. The molecule has 2 aromatic heterocycles. The largest absolute Gasteiger partial charge is 0.474 e. The van der Waals surface area contributed by atoms with Gasteiger partial charge in [-0.1, -0.05) is 12.1 Å². The molecule has 1 unspecified atom stereocenters. The fourth-order valence-corrected chi connectivity index (χ4v) is 6.66. The van der Waals surface area contributed by atoms with E-state index in [2.05, 4.69) is 21.4 Å². The van der Waals surface area contributed by atoms with Crippen LogP contribution in [0.2, 0.25) is 0 Å². The smallest absolute Gasteiger partial charge is 0.252 e. The number of carbonyl (C=O) groups excluding carboxylic acids is 1. The molecule has 2 saturated carbocycles. The van der Waals surface area contributed by atoms with E-state index in [-0.39, 0.29) is 24.8 Å². The number of nitrogens with one attached hydrogen (secondary N) is 1. The van der Waals surface area contributed by atoms with E-state index >= 15 is 0 Å². The number of hydrogen-bond acceptors (Lipinski definition) is 5. The van der Waals surface area contributed by atoms with E-state index in [4.69, 9.17) is 9.72 Å². The van der Waals surface area contributed by atoms with Crippen molar-refractivity contribution in [3.8, 4) is 5.88 Å². The van der Waals surface area contributed by atoms with Crippen molar-refractivity contribution in [3.63, 3.8) is 0 Å². The van der Waals surface area contributed by atoms with Crippen molar-refractivity contribution in [1.82, 2.24) is 25.0 Å². The number of benzene rings is 1. The van der Waals surface area contributed by atoms with Gasteiger partial charge in [0.05, 0.1) is 11.1 Å². The predicted octanol–water partition coefficient (Wildman–Crippen LogP) is 5.31. The second-order valence-corrected chi connectivity index (χ2v) is 12.0. The summed E-state index contributed by atoms with van der Waals surface area (Å²) < 4.78 is 34.6. The van der Waals surface area contributed by atoms with Gasteiger partial charge in [0.25, 0.3) is 11.8 Å². The third-order valence-electron chi connectivity index (χ3n) is 9.00. The van der Waals surface area contributed by atoms with Gasteiger partial charge < -0.3 is 15.0 Å². The number of aromatic nitrogens is 3. The quantitative estimate of drug-likeness (QED) is 0.431. The van der Waals surface area contributed by atoms with Gasteiger partial charge in [-0.3, -0.25) is 9.48 Å². The number of halogens is 2.